The lowest BCUT2D eigenvalue weighted by atomic mass is 9.90. The number of sulfonamides is 1. The number of ether oxygens (including phenoxy) is 2. The van der Waals surface area contributed by atoms with Gasteiger partial charge >= 0.3 is 0 Å². The highest BCUT2D eigenvalue weighted by Crippen LogP contribution is 2.39. The molecule has 0 N–H and O–H groups in total. The maximum atomic E-state index is 12.5. The summed E-state index contributed by atoms with van der Waals surface area (Å²) in [7, 11) is -3.12. The monoisotopic (exact) mass is 352 g/mol. The molecular weight excluding hydrogens is 328 g/mol. The van der Waals surface area contributed by atoms with Crippen LogP contribution in [0.25, 0.3) is 0 Å². The van der Waals surface area contributed by atoms with Gasteiger partial charge in [-0.25, -0.2) is 8.42 Å². The largest absolute Gasteiger partial charge is 0.371 e. The van der Waals surface area contributed by atoms with Crippen molar-refractivity contribution in [1.29, 1.82) is 0 Å². The van der Waals surface area contributed by atoms with E-state index in [-0.39, 0.29) is 17.0 Å². The van der Waals surface area contributed by atoms with Crippen LogP contribution in [0.1, 0.15) is 37.7 Å². The minimum atomic E-state index is -3.12. The molecule has 3 aliphatic rings. The van der Waals surface area contributed by atoms with Crippen molar-refractivity contribution in [3.63, 3.8) is 0 Å². The third-order valence-electron chi connectivity index (χ3n) is 5.19. The molecule has 3 heterocycles. The summed E-state index contributed by atoms with van der Waals surface area (Å²) >= 11 is 0. The van der Waals surface area contributed by atoms with Gasteiger partial charge in [-0.05, 0) is 37.3 Å². The summed E-state index contributed by atoms with van der Waals surface area (Å²) < 4.78 is 38.7. The molecule has 1 aliphatic carbocycles. The second kappa shape index (κ2) is 6.37. The summed E-state index contributed by atoms with van der Waals surface area (Å²) in [6, 6.07) is 3.89. The van der Waals surface area contributed by atoms with E-state index >= 15 is 0 Å². The van der Waals surface area contributed by atoms with Gasteiger partial charge in [0, 0.05) is 31.9 Å². The van der Waals surface area contributed by atoms with Crippen LogP contribution in [0.4, 0.5) is 0 Å². The third kappa shape index (κ3) is 3.35. The first-order valence-electron chi connectivity index (χ1n) is 8.71. The van der Waals surface area contributed by atoms with Crippen LogP contribution in [0.2, 0.25) is 0 Å². The number of aromatic nitrogens is 1. The lowest BCUT2D eigenvalue weighted by molar-refractivity contribution is -0.0360. The Morgan fingerprint density at radius 1 is 1.42 bits per heavy atom. The van der Waals surface area contributed by atoms with E-state index in [0.29, 0.717) is 26.3 Å². The van der Waals surface area contributed by atoms with Crippen molar-refractivity contribution in [2.45, 2.75) is 55.7 Å². The Morgan fingerprint density at radius 3 is 3.04 bits per heavy atom. The second-order valence-corrected chi connectivity index (χ2v) is 9.39. The van der Waals surface area contributed by atoms with E-state index in [0.717, 1.165) is 37.7 Å². The molecule has 132 valence electrons. The summed E-state index contributed by atoms with van der Waals surface area (Å²) in [6.07, 6.45) is 7.73. The van der Waals surface area contributed by atoms with Crippen LogP contribution >= 0.6 is 0 Å². The van der Waals surface area contributed by atoms with Gasteiger partial charge < -0.3 is 9.47 Å². The third-order valence-corrected chi connectivity index (χ3v) is 7.54. The van der Waals surface area contributed by atoms with Crippen LogP contribution in [-0.2, 0) is 26.1 Å². The molecule has 1 spiro atoms. The van der Waals surface area contributed by atoms with Gasteiger partial charge in [0.05, 0.1) is 30.2 Å². The first-order chi connectivity index (χ1) is 11.6. The van der Waals surface area contributed by atoms with E-state index in [1.807, 2.05) is 12.1 Å². The van der Waals surface area contributed by atoms with Gasteiger partial charge in [-0.15, -0.1) is 0 Å². The predicted molar refractivity (Wildman–Crippen MR) is 88.9 cm³/mol. The topological polar surface area (TPSA) is 68.7 Å². The predicted octanol–water partition coefficient (Wildman–Crippen LogP) is 1.71. The molecule has 0 amide bonds. The Labute approximate surface area is 143 Å². The summed E-state index contributed by atoms with van der Waals surface area (Å²) in [5.74, 6) is 0. The lowest BCUT2D eigenvalue weighted by Crippen LogP contribution is -2.51. The van der Waals surface area contributed by atoms with Gasteiger partial charge in [-0.2, -0.15) is 4.31 Å². The molecule has 7 heteroatoms. The maximum Gasteiger partial charge on any atom is 0.217 e. The van der Waals surface area contributed by atoms with Gasteiger partial charge in [0.1, 0.15) is 0 Å². The Bertz CT molecular complexity index is 677. The molecule has 2 saturated heterocycles. The smallest absolute Gasteiger partial charge is 0.217 e. The molecule has 0 bridgehead atoms. The van der Waals surface area contributed by atoms with E-state index in [1.54, 1.807) is 16.7 Å². The highest BCUT2D eigenvalue weighted by Gasteiger charge is 2.49. The normalized spacial score (nSPS) is 31.6. The summed E-state index contributed by atoms with van der Waals surface area (Å²) in [6.45, 7) is 2.17. The number of hydrogen-bond acceptors (Lipinski definition) is 5. The van der Waals surface area contributed by atoms with Crippen LogP contribution in [0.15, 0.2) is 24.5 Å². The van der Waals surface area contributed by atoms with Crippen LogP contribution in [0.5, 0.6) is 0 Å². The summed E-state index contributed by atoms with van der Waals surface area (Å²) in [4.78, 5) is 4.09. The number of nitrogens with zero attached hydrogens (tertiary/aromatic N) is 2. The average Bonchev–Trinajstić information content (AvgIpc) is 3.39. The molecule has 0 aromatic carbocycles. The summed E-state index contributed by atoms with van der Waals surface area (Å²) in [5.41, 5.74) is 0.680. The van der Waals surface area contributed by atoms with Crippen molar-refractivity contribution in [3.8, 4) is 0 Å². The molecule has 2 atom stereocenters. The molecule has 0 unspecified atom stereocenters. The molecule has 0 radical (unpaired) electrons. The Balaban J connectivity index is 1.36. The highest BCUT2D eigenvalue weighted by molar-refractivity contribution is 7.90. The average molecular weight is 352 g/mol. The van der Waals surface area contributed by atoms with Crippen molar-refractivity contribution in [2.75, 3.05) is 19.7 Å². The molecule has 1 saturated carbocycles. The zero-order valence-electron chi connectivity index (χ0n) is 13.8. The highest BCUT2D eigenvalue weighted by atomic mass is 32.2. The van der Waals surface area contributed by atoms with E-state index in [9.17, 15) is 8.42 Å². The molecule has 3 fully saturated rings. The standard InChI is InChI=1S/C17H24N2O4S/c20-24(21,16-4-5-16)19-8-2-6-17(13-19)9-15(12-23-17)22-11-14-3-1-7-18-10-14/h1,3,7,10,15-16H,2,4-6,8-9,11-13H2/t15-,17+/m1/s1. The summed E-state index contributed by atoms with van der Waals surface area (Å²) in [5, 5.41) is -0.147. The van der Waals surface area contributed by atoms with Crippen molar-refractivity contribution >= 4 is 10.0 Å². The van der Waals surface area contributed by atoms with Gasteiger partial charge in [-0.3, -0.25) is 4.98 Å². The van der Waals surface area contributed by atoms with Crippen molar-refractivity contribution in [3.05, 3.63) is 30.1 Å². The van der Waals surface area contributed by atoms with Gasteiger partial charge in [0.2, 0.25) is 10.0 Å². The van der Waals surface area contributed by atoms with Crippen LogP contribution in [0, 0.1) is 0 Å². The van der Waals surface area contributed by atoms with E-state index < -0.39 is 10.0 Å². The van der Waals surface area contributed by atoms with Crippen LogP contribution in [-0.4, -0.2) is 54.4 Å². The SMILES string of the molecule is O=S(=O)(C1CC1)N1CCC[C@]2(C[C@@H](OCc3cccnc3)CO2)C1. The molecule has 1 aromatic rings. The Morgan fingerprint density at radius 2 is 2.29 bits per heavy atom. The first-order valence-corrected chi connectivity index (χ1v) is 10.2. The van der Waals surface area contributed by atoms with E-state index in [2.05, 4.69) is 4.98 Å². The molecule has 24 heavy (non-hydrogen) atoms. The zero-order valence-corrected chi connectivity index (χ0v) is 14.6. The fourth-order valence-electron chi connectivity index (χ4n) is 3.74. The quantitative estimate of drug-likeness (QED) is 0.807. The number of piperidine rings is 1. The number of hydrogen-bond donors (Lipinski definition) is 0. The fourth-order valence-corrected chi connectivity index (χ4v) is 5.69. The zero-order chi connectivity index (χ0) is 16.6. The number of rotatable bonds is 5. The maximum absolute atomic E-state index is 12.5. The second-order valence-electron chi connectivity index (χ2n) is 7.17. The molecular formula is C17H24N2O4S. The number of pyridine rings is 1. The molecule has 1 aromatic heterocycles. The van der Waals surface area contributed by atoms with Crippen molar-refractivity contribution < 1.29 is 17.9 Å². The van der Waals surface area contributed by atoms with Gasteiger partial charge in [0.25, 0.3) is 0 Å². The van der Waals surface area contributed by atoms with E-state index in [1.165, 1.54) is 0 Å². The Hall–Kier alpha value is -1.02. The Kier molecular flexibility index (Phi) is 4.36. The first kappa shape index (κ1) is 16.4. The van der Waals surface area contributed by atoms with Gasteiger partial charge in [-0.1, -0.05) is 6.07 Å². The lowest BCUT2D eigenvalue weighted by Gasteiger charge is -2.39. The van der Waals surface area contributed by atoms with Crippen LogP contribution < -0.4 is 0 Å². The molecule has 6 nitrogen and oxygen atoms in total. The minimum absolute atomic E-state index is 0.0220. The van der Waals surface area contributed by atoms with Crippen molar-refractivity contribution in [1.82, 2.24) is 9.29 Å². The van der Waals surface area contributed by atoms with E-state index in [4.69, 9.17) is 9.47 Å². The van der Waals surface area contributed by atoms with Crippen molar-refractivity contribution in [2.24, 2.45) is 0 Å². The fraction of sp³-hybridized carbons (Fsp3) is 0.706. The minimum Gasteiger partial charge on any atom is -0.371 e. The van der Waals surface area contributed by atoms with Gasteiger partial charge in [0.15, 0.2) is 0 Å². The van der Waals surface area contributed by atoms with Crippen LogP contribution in [0.3, 0.4) is 0 Å². The molecule has 2 aliphatic heterocycles. The molecule has 4 rings (SSSR count).